The Hall–Kier alpha value is -1.15. The van der Waals surface area contributed by atoms with E-state index in [0.29, 0.717) is 5.56 Å². The molecule has 0 N–H and O–H groups in total. The third-order valence-electron chi connectivity index (χ3n) is 1.71. The molecule has 1 heterocycles. The van der Waals surface area contributed by atoms with Gasteiger partial charge in [0.15, 0.2) is 0 Å². The lowest BCUT2D eigenvalue weighted by atomic mass is 10.1. The Kier molecular flexibility index (Phi) is 1.92. The molecule has 2 rings (SSSR count). The van der Waals surface area contributed by atoms with Crippen molar-refractivity contribution in [2.24, 2.45) is 0 Å². The summed E-state index contributed by atoms with van der Waals surface area (Å²) in [7, 11) is 0. The first kappa shape index (κ1) is 7.50. The van der Waals surface area contributed by atoms with Crippen LogP contribution in [0.2, 0.25) is 0 Å². The Balaban J connectivity index is 2.55. The van der Waals surface area contributed by atoms with Crippen molar-refractivity contribution >= 4 is 11.3 Å². The highest BCUT2D eigenvalue weighted by Gasteiger charge is 2.02. The van der Waals surface area contributed by atoms with Gasteiger partial charge in [-0.25, -0.2) is 4.39 Å². The molecule has 0 amide bonds. The number of benzene rings is 1. The van der Waals surface area contributed by atoms with Gasteiger partial charge in [-0.1, -0.05) is 18.2 Å². The zero-order chi connectivity index (χ0) is 8.39. The predicted molar refractivity (Wildman–Crippen MR) is 49.7 cm³/mol. The second kappa shape index (κ2) is 3.07. The van der Waals surface area contributed by atoms with E-state index < -0.39 is 0 Å². The van der Waals surface area contributed by atoms with Gasteiger partial charge in [0.1, 0.15) is 5.82 Å². The van der Waals surface area contributed by atoms with Crippen LogP contribution in [0.3, 0.4) is 0 Å². The van der Waals surface area contributed by atoms with Crippen molar-refractivity contribution in [2.45, 2.75) is 0 Å². The van der Waals surface area contributed by atoms with Gasteiger partial charge in [0.2, 0.25) is 0 Å². The number of rotatable bonds is 1. The number of thiophene rings is 1. The van der Waals surface area contributed by atoms with Crippen LogP contribution in [-0.2, 0) is 0 Å². The van der Waals surface area contributed by atoms with Crippen LogP contribution < -0.4 is 0 Å². The lowest BCUT2D eigenvalue weighted by molar-refractivity contribution is 0.631. The van der Waals surface area contributed by atoms with E-state index in [4.69, 9.17) is 0 Å². The lowest BCUT2D eigenvalue weighted by Crippen LogP contribution is -1.79. The first-order valence-corrected chi connectivity index (χ1v) is 4.59. The molecule has 2 heteroatoms. The van der Waals surface area contributed by atoms with Crippen molar-refractivity contribution in [2.75, 3.05) is 0 Å². The largest absolute Gasteiger partial charge is 0.206 e. The molecular formula is C10H7FS. The lowest BCUT2D eigenvalue weighted by Gasteiger charge is -1.97. The maximum Gasteiger partial charge on any atom is 0.131 e. The van der Waals surface area contributed by atoms with E-state index in [-0.39, 0.29) is 5.82 Å². The van der Waals surface area contributed by atoms with Gasteiger partial charge in [-0.15, -0.1) is 0 Å². The molecule has 0 saturated heterocycles. The van der Waals surface area contributed by atoms with E-state index in [0.717, 1.165) is 5.56 Å². The average molecular weight is 178 g/mol. The summed E-state index contributed by atoms with van der Waals surface area (Å²) in [6.45, 7) is 0. The minimum atomic E-state index is -0.157. The molecule has 0 aliphatic heterocycles. The van der Waals surface area contributed by atoms with Crippen molar-refractivity contribution in [1.82, 2.24) is 0 Å². The van der Waals surface area contributed by atoms with Crippen molar-refractivity contribution < 1.29 is 4.39 Å². The molecule has 0 unspecified atom stereocenters. The van der Waals surface area contributed by atoms with Gasteiger partial charge in [-0.05, 0) is 28.5 Å². The summed E-state index contributed by atoms with van der Waals surface area (Å²) in [4.78, 5) is 0. The zero-order valence-corrected chi connectivity index (χ0v) is 7.14. The minimum Gasteiger partial charge on any atom is -0.206 e. The molecule has 60 valence electrons. The third kappa shape index (κ3) is 1.25. The van der Waals surface area contributed by atoms with E-state index in [2.05, 4.69) is 0 Å². The van der Waals surface area contributed by atoms with E-state index in [1.165, 1.54) is 6.07 Å². The van der Waals surface area contributed by atoms with Gasteiger partial charge < -0.3 is 0 Å². The zero-order valence-electron chi connectivity index (χ0n) is 6.33. The smallest absolute Gasteiger partial charge is 0.131 e. The first-order chi connectivity index (χ1) is 5.88. The molecule has 2 aromatic rings. The van der Waals surface area contributed by atoms with Gasteiger partial charge in [0, 0.05) is 5.56 Å². The van der Waals surface area contributed by atoms with E-state index >= 15 is 0 Å². The first-order valence-electron chi connectivity index (χ1n) is 3.65. The highest BCUT2D eigenvalue weighted by molar-refractivity contribution is 7.08. The summed E-state index contributed by atoms with van der Waals surface area (Å²) in [6, 6.07) is 8.73. The summed E-state index contributed by atoms with van der Waals surface area (Å²) >= 11 is 1.58. The molecule has 12 heavy (non-hydrogen) atoms. The summed E-state index contributed by atoms with van der Waals surface area (Å²) < 4.78 is 13.2. The highest BCUT2D eigenvalue weighted by Crippen LogP contribution is 2.24. The third-order valence-corrected chi connectivity index (χ3v) is 2.39. The molecule has 1 aromatic heterocycles. The quantitative estimate of drug-likeness (QED) is 0.626. The van der Waals surface area contributed by atoms with Crippen molar-refractivity contribution in [3.05, 3.63) is 46.9 Å². The van der Waals surface area contributed by atoms with Crippen LogP contribution in [0.5, 0.6) is 0 Å². The van der Waals surface area contributed by atoms with E-state index in [9.17, 15) is 4.39 Å². The molecule has 0 aliphatic rings. The van der Waals surface area contributed by atoms with Crippen LogP contribution in [0.25, 0.3) is 11.1 Å². The number of halogens is 1. The normalized spacial score (nSPS) is 10.1. The molecular weight excluding hydrogens is 171 g/mol. The summed E-state index contributed by atoms with van der Waals surface area (Å²) in [5, 5.41) is 3.89. The van der Waals surface area contributed by atoms with Gasteiger partial charge in [-0.3, -0.25) is 0 Å². The van der Waals surface area contributed by atoms with Crippen LogP contribution in [0.1, 0.15) is 0 Å². The molecule has 0 spiro atoms. The van der Waals surface area contributed by atoms with Gasteiger partial charge in [0.05, 0.1) is 0 Å². The summed E-state index contributed by atoms with van der Waals surface area (Å²) in [6.07, 6.45) is 0. The number of hydrogen-bond acceptors (Lipinski definition) is 1. The van der Waals surface area contributed by atoms with E-state index in [1.54, 1.807) is 23.5 Å². The second-order valence-electron chi connectivity index (χ2n) is 2.49. The minimum absolute atomic E-state index is 0.157. The Morgan fingerprint density at radius 3 is 2.58 bits per heavy atom. The standard InChI is InChI=1S/C10H7FS/c11-10-4-2-1-3-9(10)8-5-6-12-7-8/h1-7H. The Morgan fingerprint density at radius 2 is 1.92 bits per heavy atom. The summed E-state index contributed by atoms with van der Waals surface area (Å²) in [5.74, 6) is -0.157. The van der Waals surface area contributed by atoms with Crippen LogP contribution in [0.15, 0.2) is 41.1 Å². The van der Waals surface area contributed by atoms with Crippen molar-refractivity contribution in [3.63, 3.8) is 0 Å². The van der Waals surface area contributed by atoms with Crippen LogP contribution in [-0.4, -0.2) is 0 Å². The fourth-order valence-electron chi connectivity index (χ4n) is 1.11. The number of hydrogen-bond donors (Lipinski definition) is 0. The maximum absolute atomic E-state index is 13.2. The van der Waals surface area contributed by atoms with Crippen LogP contribution in [0.4, 0.5) is 4.39 Å². The Labute approximate surface area is 74.3 Å². The predicted octanol–water partition coefficient (Wildman–Crippen LogP) is 3.55. The molecule has 1 aromatic carbocycles. The fraction of sp³-hybridized carbons (Fsp3) is 0. The molecule has 0 saturated carbocycles. The fourth-order valence-corrected chi connectivity index (χ4v) is 1.77. The molecule has 0 fully saturated rings. The molecule has 0 atom stereocenters. The summed E-state index contributed by atoms with van der Waals surface area (Å²) in [5.41, 5.74) is 1.64. The average Bonchev–Trinajstić information content (AvgIpc) is 2.57. The second-order valence-corrected chi connectivity index (χ2v) is 3.27. The Bertz CT molecular complexity index is 365. The SMILES string of the molecule is Fc1ccccc1-c1ccsc1. The highest BCUT2D eigenvalue weighted by atomic mass is 32.1. The maximum atomic E-state index is 13.2. The van der Waals surface area contributed by atoms with Crippen molar-refractivity contribution in [3.8, 4) is 11.1 Å². The molecule has 0 bridgehead atoms. The van der Waals surface area contributed by atoms with Gasteiger partial charge >= 0.3 is 0 Å². The Morgan fingerprint density at radius 1 is 1.08 bits per heavy atom. The van der Waals surface area contributed by atoms with E-state index in [1.807, 2.05) is 22.9 Å². The topological polar surface area (TPSA) is 0 Å². The van der Waals surface area contributed by atoms with Crippen LogP contribution >= 0.6 is 11.3 Å². The van der Waals surface area contributed by atoms with Gasteiger partial charge in [0.25, 0.3) is 0 Å². The molecule has 0 radical (unpaired) electrons. The molecule has 0 nitrogen and oxygen atoms in total. The van der Waals surface area contributed by atoms with Crippen molar-refractivity contribution in [1.29, 1.82) is 0 Å². The van der Waals surface area contributed by atoms with Gasteiger partial charge in [-0.2, -0.15) is 11.3 Å². The monoisotopic (exact) mass is 178 g/mol. The molecule has 0 aliphatic carbocycles. The van der Waals surface area contributed by atoms with Crippen LogP contribution in [0, 0.1) is 5.82 Å².